The number of benzene rings is 2. The molecule has 0 spiro atoms. The summed E-state index contributed by atoms with van der Waals surface area (Å²) >= 11 is 0. The molecule has 3 aromatic rings. The molecule has 0 atom stereocenters. The molecular formula is C26H31N3O3. The lowest BCUT2D eigenvalue weighted by atomic mass is 10.1. The van der Waals surface area contributed by atoms with Gasteiger partial charge in [-0.2, -0.15) is 5.10 Å². The molecule has 0 radical (unpaired) electrons. The number of ether oxygens (including phenoxy) is 2. The average Bonchev–Trinajstić information content (AvgIpc) is 3.06. The minimum Gasteiger partial charge on any atom is -0.497 e. The van der Waals surface area contributed by atoms with Gasteiger partial charge in [-0.1, -0.05) is 29.8 Å². The molecule has 1 amide bonds. The van der Waals surface area contributed by atoms with Gasteiger partial charge in [0.25, 0.3) is 0 Å². The minimum atomic E-state index is -0.0755. The number of amides is 1. The lowest BCUT2D eigenvalue weighted by molar-refractivity contribution is -0.125. The molecule has 2 aromatic carbocycles. The molecular weight excluding hydrogens is 402 g/mol. The van der Waals surface area contributed by atoms with Gasteiger partial charge in [-0.25, -0.2) is 0 Å². The Balaban J connectivity index is 1.55. The van der Waals surface area contributed by atoms with Gasteiger partial charge in [0.05, 0.1) is 25.9 Å². The van der Waals surface area contributed by atoms with Crippen LogP contribution in [0.15, 0.2) is 54.6 Å². The van der Waals surface area contributed by atoms with Crippen LogP contribution in [0.25, 0.3) is 6.08 Å². The molecule has 1 heterocycles. The number of aryl methyl sites for hydroxylation is 2. The number of carbonyl (C=O) groups is 1. The van der Waals surface area contributed by atoms with Gasteiger partial charge in [-0.3, -0.25) is 9.48 Å². The van der Waals surface area contributed by atoms with Gasteiger partial charge in [0.2, 0.25) is 5.91 Å². The predicted octanol–water partition coefficient (Wildman–Crippen LogP) is 4.42. The number of aromatic nitrogens is 2. The van der Waals surface area contributed by atoms with Crippen molar-refractivity contribution in [2.75, 3.05) is 27.3 Å². The second-order valence-corrected chi connectivity index (χ2v) is 7.84. The van der Waals surface area contributed by atoms with E-state index in [0.29, 0.717) is 19.7 Å². The number of likely N-dealkylation sites (N-methyl/N-ethyl adjacent to an activating group) is 1. The molecule has 0 saturated carbocycles. The molecule has 0 saturated heterocycles. The van der Waals surface area contributed by atoms with Crippen molar-refractivity contribution in [2.45, 2.75) is 27.3 Å². The quantitative estimate of drug-likeness (QED) is 0.469. The summed E-state index contributed by atoms with van der Waals surface area (Å²) in [6, 6.07) is 15.8. The van der Waals surface area contributed by atoms with Crippen molar-refractivity contribution < 1.29 is 14.3 Å². The normalized spacial score (nSPS) is 11.0. The van der Waals surface area contributed by atoms with E-state index in [2.05, 4.69) is 36.3 Å². The molecule has 6 nitrogen and oxygen atoms in total. The fourth-order valence-corrected chi connectivity index (χ4v) is 3.34. The van der Waals surface area contributed by atoms with E-state index in [1.807, 2.05) is 48.9 Å². The maximum atomic E-state index is 12.5. The van der Waals surface area contributed by atoms with E-state index in [9.17, 15) is 4.79 Å². The Labute approximate surface area is 190 Å². The van der Waals surface area contributed by atoms with Crippen LogP contribution >= 0.6 is 0 Å². The van der Waals surface area contributed by atoms with Crippen LogP contribution in [0.3, 0.4) is 0 Å². The van der Waals surface area contributed by atoms with Gasteiger partial charge in [-0.15, -0.1) is 0 Å². The summed E-state index contributed by atoms with van der Waals surface area (Å²) in [5.74, 6) is 1.45. The lowest BCUT2D eigenvalue weighted by Crippen LogP contribution is -2.29. The van der Waals surface area contributed by atoms with E-state index in [0.717, 1.165) is 28.5 Å². The zero-order chi connectivity index (χ0) is 23.1. The summed E-state index contributed by atoms with van der Waals surface area (Å²) in [6.07, 6.45) is 3.45. The van der Waals surface area contributed by atoms with E-state index in [1.54, 1.807) is 25.1 Å². The highest BCUT2D eigenvalue weighted by Crippen LogP contribution is 2.18. The van der Waals surface area contributed by atoms with Crippen molar-refractivity contribution in [1.82, 2.24) is 14.7 Å². The van der Waals surface area contributed by atoms with E-state index in [1.165, 1.54) is 11.1 Å². The minimum absolute atomic E-state index is 0.0755. The second kappa shape index (κ2) is 10.7. The van der Waals surface area contributed by atoms with Crippen LogP contribution < -0.4 is 9.47 Å². The molecule has 3 rings (SSSR count). The number of nitrogens with zero attached hydrogens (tertiary/aromatic N) is 3. The zero-order valence-electron chi connectivity index (χ0n) is 19.5. The highest BCUT2D eigenvalue weighted by molar-refractivity contribution is 5.91. The van der Waals surface area contributed by atoms with Crippen molar-refractivity contribution in [2.24, 2.45) is 0 Å². The maximum absolute atomic E-state index is 12.5. The van der Waals surface area contributed by atoms with E-state index in [-0.39, 0.29) is 5.91 Å². The van der Waals surface area contributed by atoms with Crippen LogP contribution in [-0.2, 0) is 11.3 Å². The van der Waals surface area contributed by atoms with Crippen molar-refractivity contribution in [1.29, 1.82) is 0 Å². The second-order valence-electron chi connectivity index (χ2n) is 7.84. The molecule has 1 aromatic heterocycles. The first-order chi connectivity index (χ1) is 15.4. The predicted molar refractivity (Wildman–Crippen MR) is 127 cm³/mol. The Morgan fingerprint density at radius 2 is 1.69 bits per heavy atom. The SMILES string of the molecule is COc1ccc(OCCN(C)C(=O)/C=C/c2c(C)nn(Cc3ccc(C)cc3)c2C)cc1. The van der Waals surface area contributed by atoms with Crippen LogP contribution in [-0.4, -0.2) is 47.9 Å². The number of carbonyl (C=O) groups excluding carboxylic acids is 1. The Bertz CT molecular complexity index is 1070. The van der Waals surface area contributed by atoms with Gasteiger partial charge in [0.15, 0.2) is 0 Å². The third kappa shape index (κ3) is 6.00. The Kier molecular flexibility index (Phi) is 7.71. The third-order valence-corrected chi connectivity index (χ3v) is 5.41. The monoisotopic (exact) mass is 433 g/mol. The van der Waals surface area contributed by atoms with Crippen molar-refractivity contribution in [3.8, 4) is 11.5 Å². The molecule has 32 heavy (non-hydrogen) atoms. The smallest absolute Gasteiger partial charge is 0.246 e. The topological polar surface area (TPSA) is 56.6 Å². The maximum Gasteiger partial charge on any atom is 0.246 e. The first-order valence-electron chi connectivity index (χ1n) is 10.7. The summed E-state index contributed by atoms with van der Waals surface area (Å²) in [6.45, 7) is 7.68. The number of methoxy groups -OCH3 is 1. The molecule has 0 bridgehead atoms. The first-order valence-corrected chi connectivity index (χ1v) is 10.7. The van der Waals surface area contributed by atoms with Gasteiger partial charge >= 0.3 is 0 Å². The average molecular weight is 434 g/mol. The van der Waals surface area contributed by atoms with Crippen LogP contribution in [0, 0.1) is 20.8 Å². The highest BCUT2D eigenvalue weighted by atomic mass is 16.5. The van der Waals surface area contributed by atoms with E-state index in [4.69, 9.17) is 9.47 Å². The summed E-state index contributed by atoms with van der Waals surface area (Å²) in [5, 5.41) is 4.66. The zero-order valence-corrected chi connectivity index (χ0v) is 19.5. The number of hydrogen-bond donors (Lipinski definition) is 0. The van der Waals surface area contributed by atoms with Gasteiger partial charge in [0, 0.05) is 24.4 Å². The number of hydrogen-bond acceptors (Lipinski definition) is 4. The summed E-state index contributed by atoms with van der Waals surface area (Å²) in [7, 11) is 3.40. The van der Waals surface area contributed by atoms with Crippen LogP contribution in [0.2, 0.25) is 0 Å². The largest absolute Gasteiger partial charge is 0.497 e. The molecule has 6 heteroatoms. The molecule has 0 N–H and O–H groups in total. The summed E-state index contributed by atoms with van der Waals surface area (Å²) < 4.78 is 12.8. The molecule has 0 aliphatic carbocycles. The summed E-state index contributed by atoms with van der Waals surface area (Å²) in [5.41, 5.74) is 5.36. The molecule has 0 aliphatic rings. The van der Waals surface area contributed by atoms with E-state index >= 15 is 0 Å². The van der Waals surface area contributed by atoms with Crippen molar-refractivity contribution in [3.05, 3.63) is 82.7 Å². The Hall–Kier alpha value is -3.54. The molecule has 0 aliphatic heterocycles. The highest BCUT2D eigenvalue weighted by Gasteiger charge is 2.11. The van der Waals surface area contributed by atoms with Crippen molar-refractivity contribution in [3.63, 3.8) is 0 Å². The molecule has 168 valence electrons. The van der Waals surface area contributed by atoms with Crippen LogP contribution in [0.1, 0.15) is 28.1 Å². The fourth-order valence-electron chi connectivity index (χ4n) is 3.34. The summed E-state index contributed by atoms with van der Waals surface area (Å²) in [4.78, 5) is 14.2. The Morgan fingerprint density at radius 1 is 1.03 bits per heavy atom. The van der Waals surface area contributed by atoms with E-state index < -0.39 is 0 Å². The first kappa shape index (κ1) is 23.1. The van der Waals surface area contributed by atoms with Gasteiger partial charge in [0.1, 0.15) is 18.1 Å². The molecule has 0 unspecified atom stereocenters. The van der Waals surface area contributed by atoms with Crippen LogP contribution in [0.4, 0.5) is 0 Å². The van der Waals surface area contributed by atoms with Gasteiger partial charge < -0.3 is 14.4 Å². The lowest BCUT2D eigenvalue weighted by Gasteiger charge is -2.15. The fraction of sp³-hybridized carbons (Fsp3) is 0.308. The third-order valence-electron chi connectivity index (χ3n) is 5.41. The molecule has 0 fully saturated rings. The standard InChI is InChI=1S/C26H31N3O3/c1-19-6-8-22(9-7-19)18-29-21(3)25(20(2)27-29)14-15-26(30)28(4)16-17-32-24-12-10-23(31-5)11-13-24/h6-15H,16-18H2,1-5H3/b15-14+. The number of rotatable bonds is 9. The Morgan fingerprint density at radius 3 is 2.34 bits per heavy atom. The van der Waals surface area contributed by atoms with Crippen LogP contribution in [0.5, 0.6) is 11.5 Å². The van der Waals surface area contributed by atoms with Gasteiger partial charge in [-0.05, 0) is 56.7 Å². The van der Waals surface area contributed by atoms with Crippen molar-refractivity contribution >= 4 is 12.0 Å².